The summed E-state index contributed by atoms with van der Waals surface area (Å²) in [7, 11) is 5.75. The smallest absolute Gasteiger partial charge is 0.333 e. The standard InChI is InChI=1S/C8H8N.ClH.Mg/c1-2-8(6-9-5-1)7-3-4-7;;/h1-2,6-7H,3-4H2;1H;/q;;+1/p-1. The van der Waals surface area contributed by atoms with Crippen molar-refractivity contribution >= 4 is 32.2 Å². The van der Waals surface area contributed by atoms with Gasteiger partial charge in [0.05, 0.1) is 0 Å². The molecule has 1 nitrogen and oxygen atoms in total. The van der Waals surface area contributed by atoms with E-state index in [0.29, 0.717) is 0 Å². The van der Waals surface area contributed by atoms with E-state index in [2.05, 4.69) is 17.1 Å². The van der Waals surface area contributed by atoms with E-state index < -0.39 is 19.3 Å². The highest BCUT2D eigenvalue weighted by Crippen LogP contribution is 2.39. The highest BCUT2D eigenvalue weighted by Gasteiger charge is 2.23. The van der Waals surface area contributed by atoms with Crippen molar-refractivity contribution in [2.45, 2.75) is 18.8 Å². The van der Waals surface area contributed by atoms with Crippen LogP contribution < -0.4 is 3.82 Å². The van der Waals surface area contributed by atoms with E-state index in [4.69, 9.17) is 9.07 Å². The number of halogens is 1. The molecule has 0 spiro atoms. The predicted octanol–water partition coefficient (Wildman–Crippen LogP) is 1.44. The van der Waals surface area contributed by atoms with Gasteiger partial charge in [0, 0.05) is 6.20 Å². The average molecular weight is 178 g/mol. The highest BCUT2D eigenvalue weighted by atomic mass is 35.5. The Hall–Kier alpha value is 0.206. The van der Waals surface area contributed by atoms with Crippen LogP contribution in [0.1, 0.15) is 24.3 Å². The van der Waals surface area contributed by atoms with Crippen molar-refractivity contribution in [3.05, 3.63) is 23.9 Å². The second-order valence-corrected chi connectivity index (χ2v) is 4.78. The molecule has 11 heavy (non-hydrogen) atoms. The van der Waals surface area contributed by atoms with E-state index in [1.807, 2.05) is 6.20 Å². The van der Waals surface area contributed by atoms with Crippen LogP contribution in [-0.4, -0.2) is 24.2 Å². The van der Waals surface area contributed by atoms with Gasteiger partial charge in [0.2, 0.25) is 0 Å². The van der Waals surface area contributed by atoms with Crippen molar-refractivity contribution in [3.63, 3.8) is 0 Å². The van der Waals surface area contributed by atoms with Crippen LogP contribution in [0.4, 0.5) is 0 Å². The molecule has 1 aliphatic rings. The minimum atomic E-state index is -0.568. The summed E-state index contributed by atoms with van der Waals surface area (Å²) in [5, 5.41) is 0. The van der Waals surface area contributed by atoms with Crippen LogP contribution in [0.3, 0.4) is 0 Å². The fraction of sp³-hybridized carbons (Fsp3) is 0.375. The first kappa shape index (κ1) is 7.83. The molecule has 0 saturated heterocycles. The molecule has 0 N–H and O–H groups in total. The lowest BCUT2D eigenvalue weighted by Gasteiger charge is -1.97. The SMILES string of the molecule is [Cl][Mg][c]1ccc(C2CC2)cn1. The zero-order valence-electron chi connectivity index (χ0n) is 6.26. The van der Waals surface area contributed by atoms with Crippen LogP contribution in [0.15, 0.2) is 18.3 Å². The van der Waals surface area contributed by atoms with Crippen molar-refractivity contribution in [3.8, 4) is 0 Å². The van der Waals surface area contributed by atoms with Gasteiger partial charge in [-0.3, -0.25) is 4.98 Å². The van der Waals surface area contributed by atoms with Crippen molar-refractivity contribution in [2.24, 2.45) is 0 Å². The molecule has 1 aromatic heterocycles. The first-order valence-electron chi connectivity index (χ1n) is 3.91. The van der Waals surface area contributed by atoms with Gasteiger partial charge in [-0.1, -0.05) is 16.0 Å². The molecule has 0 atom stereocenters. The Kier molecular flexibility index (Phi) is 2.35. The molecule has 0 aromatic carbocycles. The van der Waals surface area contributed by atoms with E-state index in [9.17, 15) is 0 Å². The van der Waals surface area contributed by atoms with Gasteiger partial charge in [0.1, 0.15) is 0 Å². The van der Waals surface area contributed by atoms with Gasteiger partial charge in [0.25, 0.3) is 0 Å². The molecule has 0 unspecified atom stereocenters. The Bertz CT molecular complexity index is 243. The number of pyridine rings is 1. The molecule has 54 valence electrons. The molecule has 1 aromatic rings. The van der Waals surface area contributed by atoms with Gasteiger partial charge in [-0.05, 0) is 24.3 Å². The number of nitrogens with zero attached hydrogens (tertiary/aromatic N) is 1. The minimum Gasteiger partial charge on any atom is -0.333 e. The molecule has 0 aliphatic heterocycles. The summed E-state index contributed by atoms with van der Waals surface area (Å²) >= 11 is -0.568. The lowest BCUT2D eigenvalue weighted by molar-refractivity contribution is 1.10. The molecule has 0 bridgehead atoms. The lowest BCUT2D eigenvalue weighted by atomic mass is 10.2. The van der Waals surface area contributed by atoms with Crippen LogP contribution in [0.2, 0.25) is 0 Å². The van der Waals surface area contributed by atoms with Crippen LogP contribution >= 0.6 is 9.07 Å². The summed E-state index contributed by atoms with van der Waals surface area (Å²) in [5.74, 6) is 0.813. The second kappa shape index (κ2) is 3.29. The quantitative estimate of drug-likeness (QED) is 0.624. The highest BCUT2D eigenvalue weighted by molar-refractivity contribution is 7.00. The molecule has 1 heterocycles. The number of aromatic nitrogens is 1. The zero-order chi connectivity index (χ0) is 7.68. The largest absolute Gasteiger partial charge is 0.564 e. The fourth-order valence-electron chi connectivity index (χ4n) is 1.17. The fourth-order valence-corrected chi connectivity index (χ4v) is 2.01. The van der Waals surface area contributed by atoms with Crippen molar-refractivity contribution in [1.29, 1.82) is 0 Å². The minimum absolute atomic E-state index is 0.568. The summed E-state index contributed by atoms with van der Waals surface area (Å²) < 4.78 is 1.11. The summed E-state index contributed by atoms with van der Waals surface area (Å²) in [6.45, 7) is 0. The van der Waals surface area contributed by atoms with Crippen LogP contribution in [-0.2, 0) is 0 Å². The van der Waals surface area contributed by atoms with Crippen molar-refractivity contribution < 1.29 is 0 Å². The molecule has 1 saturated carbocycles. The molecule has 0 radical (unpaired) electrons. The van der Waals surface area contributed by atoms with Crippen molar-refractivity contribution in [2.75, 3.05) is 0 Å². The third-order valence-corrected chi connectivity index (χ3v) is 3.55. The van der Waals surface area contributed by atoms with E-state index in [-0.39, 0.29) is 0 Å². The molecule has 3 heteroatoms. The number of hydrogen-bond donors (Lipinski definition) is 0. The van der Waals surface area contributed by atoms with Gasteiger partial charge in [0.15, 0.2) is 0 Å². The summed E-state index contributed by atoms with van der Waals surface area (Å²) in [5.41, 5.74) is 1.40. The van der Waals surface area contributed by atoms with Gasteiger partial charge in [-0.25, -0.2) is 0 Å². The topological polar surface area (TPSA) is 12.9 Å². The maximum atomic E-state index is 5.75. The van der Waals surface area contributed by atoms with E-state index in [1.54, 1.807) is 0 Å². The Morgan fingerprint density at radius 1 is 1.45 bits per heavy atom. The van der Waals surface area contributed by atoms with Gasteiger partial charge < -0.3 is 9.07 Å². The Morgan fingerprint density at radius 2 is 2.27 bits per heavy atom. The first-order valence-corrected chi connectivity index (χ1v) is 6.75. The zero-order valence-corrected chi connectivity index (χ0v) is 8.43. The van der Waals surface area contributed by atoms with Crippen molar-refractivity contribution in [1.82, 2.24) is 4.98 Å². The molecule has 2 rings (SSSR count). The molecular weight excluding hydrogens is 170 g/mol. The first-order chi connectivity index (χ1) is 5.40. The average Bonchev–Trinajstić information content (AvgIpc) is 2.87. The molecule has 1 fully saturated rings. The Morgan fingerprint density at radius 3 is 2.73 bits per heavy atom. The maximum absolute atomic E-state index is 5.75. The molecule has 0 amide bonds. The van der Waals surface area contributed by atoms with Gasteiger partial charge >= 0.3 is 19.3 Å². The lowest BCUT2D eigenvalue weighted by Crippen LogP contribution is -2.12. The monoisotopic (exact) mass is 177 g/mol. The second-order valence-electron chi connectivity index (χ2n) is 2.99. The summed E-state index contributed by atoms with van der Waals surface area (Å²) in [6.07, 6.45) is 4.68. The van der Waals surface area contributed by atoms with Crippen LogP contribution in [0.25, 0.3) is 0 Å². The third kappa shape index (κ3) is 1.86. The summed E-state index contributed by atoms with van der Waals surface area (Å²) in [4.78, 5) is 4.29. The van der Waals surface area contributed by atoms with Crippen LogP contribution in [0, 0.1) is 0 Å². The predicted molar refractivity (Wildman–Crippen MR) is 47.5 cm³/mol. The van der Waals surface area contributed by atoms with Gasteiger partial charge in [-0.2, -0.15) is 0 Å². The Balaban J connectivity index is 2.19. The molecular formula is C8H8ClMgN. The Labute approximate surface area is 79.7 Å². The number of hydrogen-bond acceptors (Lipinski definition) is 1. The maximum Gasteiger partial charge on any atom is 0.564 e. The summed E-state index contributed by atoms with van der Waals surface area (Å²) in [6, 6.07) is 4.25. The normalized spacial score (nSPS) is 16.1. The van der Waals surface area contributed by atoms with E-state index in [1.165, 1.54) is 18.4 Å². The third-order valence-electron chi connectivity index (χ3n) is 2.03. The van der Waals surface area contributed by atoms with E-state index >= 15 is 0 Å². The van der Waals surface area contributed by atoms with E-state index in [0.717, 1.165) is 9.74 Å². The van der Waals surface area contributed by atoms with Crippen LogP contribution in [0.5, 0.6) is 0 Å². The molecule has 1 aliphatic carbocycles. The van der Waals surface area contributed by atoms with Gasteiger partial charge in [-0.15, -0.1) is 0 Å². The number of rotatable bonds is 2.